The van der Waals surface area contributed by atoms with Gasteiger partial charge in [-0.05, 0) is 31.9 Å². The summed E-state index contributed by atoms with van der Waals surface area (Å²) in [6.45, 7) is 5.18. The van der Waals surface area contributed by atoms with Crippen molar-refractivity contribution in [1.29, 1.82) is 0 Å². The molecule has 2 rings (SSSR count). The summed E-state index contributed by atoms with van der Waals surface area (Å²) in [5.41, 5.74) is 0.485. The summed E-state index contributed by atoms with van der Waals surface area (Å²) in [6.07, 6.45) is 3.06. The highest BCUT2D eigenvalue weighted by Gasteiger charge is 2.48. The topological polar surface area (TPSA) is 59.1 Å². The van der Waals surface area contributed by atoms with Crippen LogP contribution in [0, 0.1) is 6.92 Å². The molecule has 0 aromatic carbocycles. The number of carbonyl (C=O) groups excluding carboxylic acids is 2. The van der Waals surface area contributed by atoms with Crippen molar-refractivity contribution >= 4 is 23.3 Å². The monoisotopic (exact) mass is 252 g/mol. The molecule has 0 aliphatic carbocycles. The average Bonchev–Trinajstić information content (AvgIpc) is 2.39. The fourth-order valence-electron chi connectivity index (χ4n) is 2.09. The molecule has 90 valence electrons. The number of pyridine rings is 1. The van der Waals surface area contributed by atoms with Gasteiger partial charge in [-0.3, -0.25) is 14.6 Å². The summed E-state index contributed by atoms with van der Waals surface area (Å²) in [5.74, 6) is -1.27. The first kappa shape index (κ1) is 12.0. The van der Waals surface area contributed by atoms with Crippen molar-refractivity contribution in [2.75, 3.05) is 0 Å². The molecule has 1 unspecified atom stereocenters. The zero-order valence-corrected chi connectivity index (χ0v) is 10.6. The fraction of sp³-hybridized carbons (Fsp3) is 0.417. The van der Waals surface area contributed by atoms with Crippen LogP contribution < -0.4 is 5.32 Å². The number of amides is 1. The maximum absolute atomic E-state index is 12.2. The number of rotatable bonds is 1. The van der Waals surface area contributed by atoms with Crippen LogP contribution in [-0.4, -0.2) is 22.2 Å². The first-order chi connectivity index (χ1) is 7.84. The zero-order chi connectivity index (χ0) is 12.8. The van der Waals surface area contributed by atoms with E-state index in [4.69, 9.17) is 11.6 Å². The Kier molecular flexibility index (Phi) is 2.70. The standard InChI is InChI=1S/C12H13ClN2O2/c1-6-4-14-5-7(13)8(6)9-10(16)12(2,3)15-11(9)17/h4-5,9H,1-3H3,(H,15,17). The lowest BCUT2D eigenvalue weighted by atomic mass is 9.88. The van der Waals surface area contributed by atoms with E-state index in [2.05, 4.69) is 10.3 Å². The molecule has 1 atom stereocenters. The van der Waals surface area contributed by atoms with Gasteiger partial charge in [0.25, 0.3) is 0 Å². The Labute approximate surface area is 104 Å². The smallest absolute Gasteiger partial charge is 0.236 e. The lowest BCUT2D eigenvalue weighted by Gasteiger charge is -2.15. The molecule has 17 heavy (non-hydrogen) atoms. The second kappa shape index (κ2) is 3.81. The van der Waals surface area contributed by atoms with Crippen molar-refractivity contribution in [1.82, 2.24) is 10.3 Å². The van der Waals surface area contributed by atoms with Crippen molar-refractivity contribution in [2.45, 2.75) is 32.2 Å². The van der Waals surface area contributed by atoms with Crippen LogP contribution in [0.25, 0.3) is 0 Å². The van der Waals surface area contributed by atoms with E-state index in [0.29, 0.717) is 10.6 Å². The molecule has 1 amide bonds. The van der Waals surface area contributed by atoms with Crippen molar-refractivity contribution in [3.05, 3.63) is 28.5 Å². The minimum absolute atomic E-state index is 0.154. The van der Waals surface area contributed by atoms with Gasteiger partial charge in [-0.2, -0.15) is 0 Å². The summed E-state index contributed by atoms with van der Waals surface area (Å²) in [4.78, 5) is 28.0. The highest BCUT2D eigenvalue weighted by atomic mass is 35.5. The van der Waals surface area contributed by atoms with Gasteiger partial charge in [-0.25, -0.2) is 0 Å². The Morgan fingerprint density at radius 1 is 1.35 bits per heavy atom. The maximum Gasteiger partial charge on any atom is 0.236 e. The molecule has 0 spiro atoms. The molecule has 0 bridgehead atoms. The van der Waals surface area contributed by atoms with Gasteiger partial charge in [-0.1, -0.05) is 11.6 Å². The van der Waals surface area contributed by atoms with Crippen LogP contribution in [0.3, 0.4) is 0 Å². The van der Waals surface area contributed by atoms with Crippen LogP contribution in [0.1, 0.15) is 30.9 Å². The quantitative estimate of drug-likeness (QED) is 0.773. The van der Waals surface area contributed by atoms with Crippen LogP contribution >= 0.6 is 11.6 Å². The number of nitrogens with zero attached hydrogens (tertiary/aromatic N) is 1. The second-order valence-electron chi connectivity index (χ2n) is 4.76. The van der Waals surface area contributed by atoms with Gasteiger partial charge >= 0.3 is 0 Å². The predicted octanol–water partition coefficient (Wildman–Crippen LogP) is 1.60. The Hall–Kier alpha value is -1.42. The number of hydrogen-bond acceptors (Lipinski definition) is 3. The first-order valence-corrected chi connectivity index (χ1v) is 5.68. The van der Waals surface area contributed by atoms with E-state index < -0.39 is 11.5 Å². The van der Waals surface area contributed by atoms with Gasteiger partial charge < -0.3 is 5.32 Å². The summed E-state index contributed by atoms with van der Waals surface area (Å²) >= 11 is 6.04. The van der Waals surface area contributed by atoms with Crippen LogP contribution in [0.2, 0.25) is 5.02 Å². The number of hydrogen-bond donors (Lipinski definition) is 1. The van der Waals surface area contributed by atoms with Gasteiger partial charge in [0, 0.05) is 12.4 Å². The summed E-state index contributed by atoms with van der Waals surface area (Å²) < 4.78 is 0. The molecule has 1 aromatic rings. The number of aryl methyl sites for hydroxylation is 1. The van der Waals surface area contributed by atoms with E-state index in [1.807, 2.05) is 0 Å². The minimum atomic E-state index is -0.833. The number of aromatic nitrogens is 1. The van der Waals surface area contributed by atoms with Gasteiger partial charge in [0.1, 0.15) is 5.92 Å². The normalized spacial score (nSPS) is 22.7. The third-order valence-electron chi connectivity index (χ3n) is 3.00. The highest BCUT2D eigenvalue weighted by molar-refractivity contribution is 6.32. The summed E-state index contributed by atoms with van der Waals surface area (Å²) in [6, 6.07) is 0. The van der Waals surface area contributed by atoms with Gasteiger partial charge in [0.05, 0.1) is 10.6 Å². The number of carbonyl (C=O) groups is 2. The third-order valence-corrected chi connectivity index (χ3v) is 3.30. The molecule has 0 radical (unpaired) electrons. The Morgan fingerprint density at radius 2 is 2.00 bits per heavy atom. The number of nitrogens with one attached hydrogen (secondary N) is 1. The molecule has 5 heteroatoms. The molecule has 1 aliphatic rings. The molecular formula is C12H13ClN2O2. The SMILES string of the molecule is Cc1cncc(Cl)c1C1C(=O)NC(C)(C)C1=O. The lowest BCUT2D eigenvalue weighted by molar-refractivity contribution is -0.125. The second-order valence-corrected chi connectivity index (χ2v) is 5.17. The van der Waals surface area contributed by atoms with Crippen LogP contribution in [0.5, 0.6) is 0 Å². The van der Waals surface area contributed by atoms with Crippen molar-refractivity contribution < 1.29 is 9.59 Å². The van der Waals surface area contributed by atoms with Gasteiger partial charge in [0.15, 0.2) is 5.78 Å². The number of halogens is 1. The molecule has 4 nitrogen and oxygen atoms in total. The fourth-order valence-corrected chi connectivity index (χ4v) is 2.41. The van der Waals surface area contributed by atoms with Crippen molar-refractivity contribution in [3.63, 3.8) is 0 Å². The first-order valence-electron chi connectivity index (χ1n) is 5.31. The number of Topliss-reactive ketones (excluding diaryl/α,β-unsaturated/α-hetero) is 1. The molecule has 0 saturated carbocycles. The molecule has 1 aliphatic heterocycles. The zero-order valence-electron chi connectivity index (χ0n) is 9.87. The van der Waals surface area contributed by atoms with E-state index >= 15 is 0 Å². The average molecular weight is 253 g/mol. The molecule has 1 fully saturated rings. The van der Waals surface area contributed by atoms with E-state index in [1.54, 1.807) is 27.0 Å². The minimum Gasteiger partial charge on any atom is -0.343 e. The van der Waals surface area contributed by atoms with E-state index in [-0.39, 0.29) is 11.7 Å². The summed E-state index contributed by atoms with van der Waals surface area (Å²) in [5, 5.41) is 3.04. The summed E-state index contributed by atoms with van der Waals surface area (Å²) in [7, 11) is 0. The Bertz CT molecular complexity index is 491. The molecular weight excluding hydrogens is 240 g/mol. The predicted molar refractivity (Wildman–Crippen MR) is 64.0 cm³/mol. The van der Waals surface area contributed by atoms with Crippen LogP contribution in [0.4, 0.5) is 0 Å². The maximum atomic E-state index is 12.2. The lowest BCUT2D eigenvalue weighted by Crippen LogP contribution is -2.39. The molecule has 1 aromatic heterocycles. The molecule has 1 N–H and O–H groups in total. The third kappa shape index (κ3) is 1.82. The van der Waals surface area contributed by atoms with Crippen LogP contribution in [0.15, 0.2) is 12.4 Å². The van der Waals surface area contributed by atoms with E-state index in [0.717, 1.165) is 5.56 Å². The Morgan fingerprint density at radius 3 is 2.47 bits per heavy atom. The van der Waals surface area contributed by atoms with Crippen molar-refractivity contribution in [3.8, 4) is 0 Å². The highest BCUT2D eigenvalue weighted by Crippen LogP contribution is 2.34. The van der Waals surface area contributed by atoms with Gasteiger partial charge in [0.2, 0.25) is 5.91 Å². The molecule has 2 heterocycles. The molecule has 1 saturated heterocycles. The van der Waals surface area contributed by atoms with E-state index in [1.165, 1.54) is 6.20 Å². The largest absolute Gasteiger partial charge is 0.343 e. The van der Waals surface area contributed by atoms with E-state index in [9.17, 15) is 9.59 Å². The Balaban J connectivity index is 2.55. The van der Waals surface area contributed by atoms with Gasteiger partial charge in [-0.15, -0.1) is 0 Å². The number of ketones is 1. The van der Waals surface area contributed by atoms with Crippen molar-refractivity contribution in [2.24, 2.45) is 0 Å². The van der Waals surface area contributed by atoms with Crippen LogP contribution in [-0.2, 0) is 9.59 Å².